The monoisotopic (exact) mass is 142 g/mol. The van der Waals surface area contributed by atoms with E-state index in [1.807, 2.05) is 0 Å². The first-order valence-electron chi connectivity index (χ1n) is 4.48. The first-order valence-corrected chi connectivity index (χ1v) is 4.48. The fraction of sp³-hybridized carbons (Fsp3) is 1.00. The third-order valence-corrected chi connectivity index (χ3v) is 2.99. The van der Waals surface area contributed by atoms with E-state index >= 15 is 0 Å². The van der Waals surface area contributed by atoms with Gasteiger partial charge < -0.3 is 0 Å². The maximum atomic E-state index is 2.34. The van der Waals surface area contributed by atoms with Crippen LogP contribution in [0.3, 0.4) is 0 Å². The molecule has 0 aromatic rings. The fourth-order valence-corrected chi connectivity index (χ4v) is 1.19. The Hall–Kier alpha value is 0. The van der Waals surface area contributed by atoms with Crippen LogP contribution in [0.5, 0.6) is 0 Å². The summed E-state index contributed by atoms with van der Waals surface area (Å²) in [7, 11) is 0. The zero-order valence-corrected chi connectivity index (χ0v) is 8.36. The average Bonchev–Trinajstić information content (AvgIpc) is 2.22. The third-order valence-electron chi connectivity index (χ3n) is 2.99. The van der Waals surface area contributed by atoms with E-state index in [-0.39, 0.29) is 0 Å². The quantitative estimate of drug-likeness (QED) is 0.483. The van der Waals surface area contributed by atoms with Crippen LogP contribution in [0.1, 0.15) is 48.0 Å². The second-order valence-electron chi connectivity index (χ2n) is 4.11. The van der Waals surface area contributed by atoms with E-state index in [0.717, 1.165) is 11.8 Å². The maximum Gasteiger partial charge on any atom is -0.0297 e. The Kier molecular flexibility index (Phi) is 3.41. The molecule has 1 fully saturated rings. The molecule has 2 unspecified atom stereocenters. The largest absolute Gasteiger partial charge is 0.0656 e. The van der Waals surface area contributed by atoms with E-state index in [2.05, 4.69) is 41.5 Å². The van der Waals surface area contributed by atoms with E-state index in [1.165, 1.54) is 6.42 Å². The highest BCUT2D eigenvalue weighted by Crippen LogP contribution is 2.57. The van der Waals surface area contributed by atoms with Crippen LogP contribution in [0, 0.1) is 17.3 Å². The summed E-state index contributed by atoms with van der Waals surface area (Å²) in [5.74, 6) is 1.93. The van der Waals surface area contributed by atoms with Gasteiger partial charge in [-0.1, -0.05) is 48.0 Å². The van der Waals surface area contributed by atoms with Crippen molar-refractivity contribution in [2.45, 2.75) is 48.0 Å². The van der Waals surface area contributed by atoms with Crippen molar-refractivity contribution >= 4 is 0 Å². The van der Waals surface area contributed by atoms with Gasteiger partial charge >= 0.3 is 0 Å². The van der Waals surface area contributed by atoms with Gasteiger partial charge in [0, 0.05) is 0 Å². The molecular formula is C10H22. The van der Waals surface area contributed by atoms with E-state index in [9.17, 15) is 0 Å². The second kappa shape index (κ2) is 3.41. The molecule has 0 radical (unpaired) electrons. The highest BCUT2D eigenvalue weighted by Gasteiger charge is 2.50. The molecule has 0 heterocycles. The lowest BCUT2D eigenvalue weighted by Crippen LogP contribution is -1.85. The Labute approximate surface area is 66.0 Å². The van der Waals surface area contributed by atoms with Crippen molar-refractivity contribution in [3.8, 4) is 0 Å². The highest BCUT2D eigenvalue weighted by atomic mass is 14.6. The molecule has 0 N–H and O–H groups in total. The van der Waals surface area contributed by atoms with Crippen LogP contribution < -0.4 is 0 Å². The Morgan fingerprint density at radius 2 is 1.10 bits per heavy atom. The van der Waals surface area contributed by atoms with Crippen LogP contribution in [-0.4, -0.2) is 0 Å². The zero-order chi connectivity index (χ0) is 8.36. The van der Waals surface area contributed by atoms with Gasteiger partial charge in [-0.2, -0.15) is 0 Å². The van der Waals surface area contributed by atoms with E-state index in [0.29, 0.717) is 5.41 Å². The molecule has 10 heavy (non-hydrogen) atoms. The molecule has 1 aliphatic rings. The minimum Gasteiger partial charge on any atom is -0.0656 e. The fourth-order valence-electron chi connectivity index (χ4n) is 1.19. The van der Waals surface area contributed by atoms with E-state index in [1.54, 1.807) is 0 Å². The van der Waals surface area contributed by atoms with Gasteiger partial charge in [0.2, 0.25) is 0 Å². The summed E-state index contributed by atoms with van der Waals surface area (Å²) in [5.41, 5.74) is 0.667. The van der Waals surface area contributed by atoms with Gasteiger partial charge in [-0.25, -0.2) is 0 Å². The topological polar surface area (TPSA) is 0 Å². The predicted octanol–water partition coefficient (Wildman–Crippen LogP) is 3.71. The van der Waals surface area contributed by atoms with Crippen molar-refractivity contribution in [2.24, 2.45) is 17.3 Å². The number of hydrogen-bond donors (Lipinski definition) is 0. The van der Waals surface area contributed by atoms with Gasteiger partial charge in [0.15, 0.2) is 0 Å². The van der Waals surface area contributed by atoms with Gasteiger partial charge in [-0.05, 0) is 17.3 Å². The normalized spacial score (nSPS) is 34.2. The molecule has 0 aromatic heterocycles. The Balaban J connectivity index is 0.000000236. The molecule has 1 aliphatic carbocycles. The molecule has 1 saturated carbocycles. The van der Waals surface area contributed by atoms with Crippen molar-refractivity contribution in [3.63, 3.8) is 0 Å². The summed E-state index contributed by atoms with van der Waals surface area (Å²) < 4.78 is 0. The van der Waals surface area contributed by atoms with Crippen molar-refractivity contribution in [3.05, 3.63) is 0 Å². The standard InChI is InChI=1S/C7H14.C3H8/c1-5-6(2)7(5,3)4;1-3-2/h5-6H,1-4H3;3H2,1-2H3. The minimum absolute atomic E-state index is 0.667. The van der Waals surface area contributed by atoms with Gasteiger partial charge in [-0.15, -0.1) is 0 Å². The van der Waals surface area contributed by atoms with Crippen LogP contribution in [0.2, 0.25) is 0 Å². The first kappa shape index (κ1) is 10.0. The van der Waals surface area contributed by atoms with Crippen LogP contribution >= 0.6 is 0 Å². The smallest absolute Gasteiger partial charge is 0.0297 e. The van der Waals surface area contributed by atoms with Crippen LogP contribution in [-0.2, 0) is 0 Å². The lowest BCUT2D eigenvalue weighted by Gasteiger charge is -1.94. The molecule has 1 rings (SSSR count). The second-order valence-corrected chi connectivity index (χ2v) is 4.11. The highest BCUT2D eigenvalue weighted by molar-refractivity contribution is 4.99. The summed E-state index contributed by atoms with van der Waals surface area (Å²) in [6, 6.07) is 0. The van der Waals surface area contributed by atoms with Gasteiger partial charge in [0.25, 0.3) is 0 Å². The molecule has 0 aliphatic heterocycles. The van der Waals surface area contributed by atoms with Crippen LogP contribution in [0.15, 0.2) is 0 Å². The molecule has 0 spiro atoms. The summed E-state index contributed by atoms with van der Waals surface area (Å²) in [4.78, 5) is 0. The van der Waals surface area contributed by atoms with Gasteiger partial charge in [0.1, 0.15) is 0 Å². The summed E-state index contributed by atoms with van der Waals surface area (Å²) in [5, 5.41) is 0. The molecule has 0 bridgehead atoms. The summed E-state index contributed by atoms with van der Waals surface area (Å²) >= 11 is 0. The lowest BCUT2D eigenvalue weighted by atomic mass is 10.1. The molecular weight excluding hydrogens is 120 g/mol. The molecule has 0 saturated heterocycles. The Morgan fingerprint density at radius 3 is 1.10 bits per heavy atom. The molecule has 0 amide bonds. The first-order chi connectivity index (χ1) is 4.48. The lowest BCUT2D eigenvalue weighted by molar-refractivity contribution is 0.559. The van der Waals surface area contributed by atoms with E-state index < -0.39 is 0 Å². The third kappa shape index (κ3) is 2.00. The molecule has 0 aromatic carbocycles. The van der Waals surface area contributed by atoms with Gasteiger partial charge in [0.05, 0.1) is 0 Å². The van der Waals surface area contributed by atoms with Crippen molar-refractivity contribution < 1.29 is 0 Å². The van der Waals surface area contributed by atoms with Crippen molar-refractivity contribution in [2.75, 3.05) is 0 Å². The Morgan fingerprint density at radius 1 is 1.00 bits per heavy atom. The maximum absolute atomic E-state index is 2.34. The summed E-state index contributed by atoms with van der Waals surface area (Å²) in [6.07, 6.45) is 1.25. The molecule has 0 heteroatoms. The SMILES string of the molecule is CC1C(C)C1(C)C.CCC. The van der Waals surface area contributed by atoms with Crippen molar-refractivity contribution in [1.29, 1.82) is 0 Å². The van der Waals surface area contributed by atoms with Crippen molar-refractivity contribution in [1.82, 2.24) is 0 Å². The number of hydrogen-bond acceptors (Lipinski definition) is 0. The molecule has 0 nitrogen and oxygen atoms in total. The van der Waals surface area contributed by atoms with Gasteiger partial charge in [-0.3, -0.25) is 0 Å². The molecule has 62 valence electrons. The Bertz CT molecular complexity index is 82.2. The predicted molar refractivity (Wildman–Crippen MR) is 48.1 cm³/mol. The summed E-state index contributed by atoms with van der Waals surface area (Å²) in [6.45, 7) is 13.6. The zero-order valence-electron chi connectivity index (χ0n) is 8.36. The van der Waals surface area contributed by atoms with E-state index in [4.69, 9.17) is 0 Å². The minimum atomic E-state index is 0.667. The van der Waals surface area contributed by atoms with Crippen LogP contribution in [0.4, 0.5) is 0 Å². The average molecular weight is 142 g/mol. The van der Waals surface area contributed by atoms with Crippen LogP contribution in [0.25, 0.3) is 0 Å². The molecule has 2 atom stereocenters. The number of rotatable bonds is 0.